The molecule has 0 aliphatic heterocycles. The molecule has 0 amide bonds. The molecule has 0 fully saturated rings. The molecule has 1 atom stereocenters. The second kappa shape index (κ2) is 3.78. The SMILES string of the molecule is C=CC(O)c1ncc(Br)cc1F. The van der Waals surface area contributed by atoms with Gasteiger partial charge in [-0.1, -0.05) is 6.08 Å². The molecule has 1 heterocycles. The molecule has 12 heavy (non-hydrogen) atoms. The summed E-state index contributed by atoms with van der Waals surface area (Å²) in [7, 11) is 0. The third kappa shape index (κ3) is 1.89. The highest BCUT2D eigenvalue weighted by molar-refractivity contribution is 9.10. The summed E-state index contributed by atoms with van der Waals surface area (Å²) in [5.74, 6) is -0.545. The van der Waals surface area contributed by atoms with Gasteiger partial charge in [0, 0.05) is 10.7 Å². The highest BCUT2D eigenvalue weighted by atomic mass is 79.9. The Morgan fingerprint density at radius 2 is 2.42 bits per heavy atom. The van der Waals surface area contributed by atoms with Crippen molar-refractivity contribution in [2.75, 3.05) is 0 Å². The quantitative estimate of drug-likeness (QED) is 0.793. The third-order valence-electron chi connectivity index (χ3n) is 1.34. The van der Waals surface area contributed by atoms with Gasteiger partial charge in [0.1, 0.15) is 17.6 Å². The Kier molecular flexibility index (Phi) is 2.94. The van der Waals surface area contributed by atoms with E-state index < -0.39 is 11.9 Å². The molecular formula is C8H7BrFNO. The largest absolute Gasteiger partial charge is 0.383 e. The van der Waals surface area contributed by atoms with E-state index in [1.54, 1.807) is 0 Å². The minimum Gasteiger partial charge on any atom is -0.383 e. The topological polar surface area (TPSA) is 33.1 Å². The van der Waals surface area contributed by atoms with Crippen molar-refractivity contribution in [3.63, 3.8) is 0 Å². The van der Waals surface area contributed by atoms with Crippen LogP contribution >= 0.6 is 15.9 Å². The van der Waals surface area contributed by atoms with Crippen LogP contribution in [0.5, 0.6) is 0 Å². The number of aromatic nitrogens is 1. The summed E-state index contributed by atoms with van der Waals surface area (Å²) in [4.78, 5) is 3.71. The molecule has 0 bridgehead atoms. The van der Waals surface area contributed by atoms with Crippen molar-refractivity contribution in [3.8, 4) is 0 Å². The Morgan fingerprint density at radius 3 is 2.92 bits per heavy atom. The second-order valence-electron chi connectivity index (χ2n) is 2.20. The average Bonchev–Trinajstić information content (AvgIpc) is 2.03. The summed E-state index contributed by atoms with van der Waals surface area (Å²) in [5.41, 5.74) is -0.00630. The minimum atomic E-state index is -1.04. The number of nitrogens with zero attached hydrogens (tertiary/aromatic N) is 1. The van der Waals surface area contributed by atoms with Gasteiger partial charge in [0.15, 0.2) is 0 Å². The zero-order valence-electron chi connectivity index (χ0n) is 6.17. The van der Waals surface area contributed by atoms with Gasteiger partial charge >= 0.3 is 0 Å². The predicted molar refractivity (Wildman–Crippen MR) is 47.1 cm³/mol. The van der Waals surface area contributed by atoms with Crippen LogP contribution in [-0.4, -0.2) is 10.1 Å². The summed E-state index contributed by atoms with van der Waals surface area (Å²) >= 11 is 3.06. The van der Waals surface area contributed by atoms with Crippen molar-refractivity contribution in [2.45, 2.75) is 6.10 Å². The number of hydrogen-bond donors (Lipinski definition) is 1. The fraction of sp³-hybridized carbons (Fsp3) is 0.125. The maximum atomic E-state index is 13.0. The highest BCUT2D eigenvalue weighted by Crippen LogP contribution is 2.18. The van der Waals surface area contributed by atoms with E-state index >= 15 is 0 Å². The molecule has 0 radical (unpaired) electrons. The Labute approximate surface area is 77.9 Å². The fourth-order valence-electron chi connectivity index (χ4n) is 0.754. The third-order valence-corrected chi connectivity index (χ3v) is 1.77. The first-order valence-corrected chi connectivity index (χ1v) is 4.06. The first-order chi connectivity index (χ1) is 5.65. The molecule has 64 valence electrons. The standard InChI is InChI=1S/C8H7BrFNO/c1-2-7(12)8-6(10)3-5(9)4-11-8/h2-4,7,12H,1H2. The van der Waals surface area contributed by atoms with Gasteiger partial charge in [0.05, 0.1) is 0 Å². The van der Waals surface area contributed by atoms with Gasteiger partial charge < -0.3 is 5.11 Å². The van der Waals surface area contributed by atoms with Gasteiger partial charge in [-0.25, -0.2) is 4.39 Å². The monoisotopic (exact) mass is 231 g/mol. The lowest BCUT2D eigenvalue weighted by Gasteiger charge is -2.04. The van der Waals surface area contributed by atoms with Crippen LogP contribution in [0.4, 0.5) is 4.39 Å². The normalized spacial score (nSPS) is 12.6. The van der Waals surface area contributed by atoms with Crippen LogP contribution in [-0.2, 0) is 0 Å². The number of hydrogen-bond acceptors (Lipinski definition) is 2. The van der Waals surface area contributed by atoms with E-state index in [-0.39, 0.29) is 5.69 Å². The average molecular weight is 232 g/mol. The van der Waals surface area contributed by atoms with Crippen molar-refractivity contribution in [3.05, 3.63) is 40.9 Å². The summed E-state index contributed by atoms with van der Waals surface area (Å²) in [6.45, 7) is 3.33. The van der Waals surface area contributed by atoms with E-state index in [4.69, 9.17) is 5.11 Å². The maximum Gasteiger partial charge on any atom is 0.148 e. The second-order valence-corrected chi connectivity index (χ2v) is 3.12. The molecule has 1 N–H and O–H groups in total. The van der Waals surface area contributed by atoms with Crippen LogP contribution in [0.15, 0.2) is 29.4 Å². The number of halogens is 2. The molecular weight excluding hydrogens is 225 g/mol. The van der Waals surface area contributed by atoms with Crippen molar-refractivity contribution < 1.29 is 9.50 Å². The number of rotatable bonds is 2. The van der Waals surface area contributed by atoms with Crippen molar-refractivity contribution in [1.82, 2.24) is 4.98 Å². The first-order valence-electron chi connectivity index (χ1n) is 3.26. The Hall–Kier alpha value is -0.740. The van der Waals surface area contributed by atoms with Gasteiger partial charge in [-0.15, -0.1) is 6.58 Å². The van der Waals surface area contributed by atoms with E-state index in [1.807, 2.05) is 0 Å². The lowest BCUT2D eigenvalue weighted by molar-refractivity contribution is 0.218. The van der Waals surface area contributed by atoms with E-state index in [0.717, 1.165) is 0 Å². The van der Waals surface area contributed by atoms with Crippen molar-refractivity contribution in [2.24, 2.45) is 0 Å². The zero-order valence-corrected chi connectivity index (χ0v) is 7.75. The molecule has 1 rings (SSSR count). The molecule has 0 aromatic carbocycles. The molecule has 1 aromatic heterocycles. The molecule has 1 unspecified atom stereocenters. The summed E-state index contributed by atoms with van der Waals surface area (Å²) in [6, 6.07) is 1.25. The van der Waals surface area contributed by atoms with Crippen LogP contribution in [0.2, 0.25) is 0 Å². The number of aliphatic hydroxyl groups excluding tert-OH is 1. The van der Waals surface area contributed by atoms with Gasteiger partial charge in [-0.05, 0) is 22.0 Å². The molecule has 0 aliphatic carbocycles. The summed E-state index contributed by atoms with van der Waals surface area (Å²) < 4.78 is 13.5. The van der Waals surface area contributed by atoms with E-state index in [2.05, 4.69) is 27.5 Å². The lowest BCUT2D eigenvalue weighted by atomic mass is 10.2. The van der Waals surface area contributed by atoms with Crippen LogP contribution in [0.1, 0.15) is 11.8 Å². The minimum absolute atomic E-state index is 0.00630. The number of pyridine rings is 1. The molecule has 1 aromatic rings. The molecule has 0 saturated heterocycles. The Bertz CT molecular complexity index is 303. The van der Waals surface area contributed by atoms with Crippen LogP contribution in [0.25, 0.3) is 0 Å². The molecule has 0 aliphatic rings. The van der Waals surface area contributed by atoms with Gasteiger partial charge in [0.25, 0.3) is 0 Å². The first kappa shape index (κ1) is 9.35. The van der Waals surface area contributed by atoms with Crippen LogP contribution < -0.4 is 0 Å². The van der Waals surface area contributed by atoms with Gasteiger partial charge in [-0.3, -0.25) is 4.98 Å². The van der Waals surface area contributed by atoms with E-state index in [9.17, 15) is 4.39 Å². The lowest BCUT2D eigenvalue weighted by Crippen LogP contribution is -2.00. The summed E-state index contributed by atoms with van der Waals surface area (Å²) in [5, 5.41) is 9.17. The van der Waals surface area contributed by atoms with Gasteiger partial charge in [0.2, 0.25) is 0 Å². The Balaban J connectivity index is 3.09. The molecule has 0 saturated carbocycles. The maximum absolute atomic E-state index is 13.0. The van der Waals surface area contributed by atoms with E-state index in [0.29, 0.717) is 4.47 Å². The number of aliphatic hydroxyl groups is 1. The highest BCUT2D eigenvalue weighted by Gasteiger charge is 2.10. The summed E-state index contributed by atoms with van der Waals surface area (Å²) in [6.07, 6.45) is 1.60. The molecule has 4 heteroatoms. The fourth-order valence-corrected chi connectivity index (χ4v) is 1.06. The Morgan fingerprint density at radius 1 is 1.75 bits per heavy atom. The van der Waals surface area contributed by atoms with Crippen molar-refractivity contribution in [1.29, 1.82) is 0 Å². The van der Waals surface area contributed by atoms with Crippen LogP contribution in [0, 0.1) is 5.82 Å². The smallest absolute Gasteiger partial charge is 0.148 e. The predicted octanol–water partition coefficient (Wildman–Crippen LogP) is 2.20. The van der Waals surface area contributed by atoms with E-state index in [1.165, 1.54) is 18.3 Å². The van der Waals surface area contributed by atoms with Crippen molar-refractivity contribution >= 4 is 15.9 Å². The molecule has 0 spiro atoms. The molecule has 2 nitrogen and oxygen atoms in total. The van der Waals surface area contributed by atoms with Crippen LogP contribution in [0.3, 0.4) is 0 Å². The zero-order chi connectivity index (χ0) is 9.14. The van der Waals surface area contributed by atoms with Gasteiger partial charge in [-0.2, -0.15) is 0 Å².